The van der Waals surface area contributed by atoms with Gasteiger partial charge >= 0.3 is 0 Å². The molecule has 4 aromatic rings. The summed E-state index contributed by atoms with van der Waals surface area (Å²) in [4.78, 5) is 21.8. The van der Waals surface area contributed by atoms with Crippen LogP contribution in [0, 0.1) is 6.92 Å². The van der Waals surface area contributed by atoms with Crippen molar-refractivity contribution < 1.29 is 17.9 Å². The molecule has 5 rings (SSSR count). The number of carbonyl (C=O) groups excluding carboxylic acids is 1. The molecule has 0 aliphatic carbocycles. The molecular weight excluding hydrogens is 518 g/mol. The number of benzene rings is 2. The minimum atomic E-state index is -3.79. The zero-order valence-corrected chi connectivity index (χ0v) is 23.1. The Kier molecular flexibility index (Phi) is 6.91. The smallest absolute Gasteiger partial charge is 0.261 e. The molecule has 1 fully saturated rings. The SMILES string of the molecule is COc1ccc(S(=O)(=O)Nc2ccc(-c3cnc4c(C(=O)N5CCC(N(C)C)C5)cnn4c3N)c(C)c2)cc1. The fourth-order valence-corrected chi connectivity index (χ4v) is 5.87. The number of sulfonamides is 1. The number of hydrogen-bond donors (Lipinski definition) is 2. The number of ether oxygens (including phenoxy) is 1. The van der Waals surface area contributed by atoms with Crippen molar-refractivity contribution in [3.05, 3.63) is 66.0 Å². The lowest BCUT2D eigenvalue weighted by atomic mass is 10.0. The van der Waals surface area contributed by atoms with E-state index in [1.165, 1.54) is 30.0 Å². The third-order valence-electron chi connectivity index (χ3n) is 7.11. The number of hydrogen-bond acceptors (Lipinski definition) is 8. The minimum absolute atomic E-state index is 0.112. The summed E-state index contributed by atoms with van der Waals surface area (Å²) in [7, 11) is 1.77. The van der Waals surface area contributed by atoms with Gasteiger partial charge < -0.3 is 20.3 Å². The zero-order valence-electron chi connectivity index (χ0n) is 22.2. The summed E-state index contributed by atoms with van der Waals surface area (Å²) >= 11 is 0. The monoisotopic (exact) mass is 549 g/mol. The van der Waals surface area contributed by atoms with Crippen LogP contribution in [0.25, 0.3) is 16.8 Å². The average Bonchev–Trinajstić information content (AvgIpc) is 3.58. The van der Waals surface area contributed by atoms with E-state index in [1.54, 1.807) is 36.5 Å². The van der Waals surface area contributed by atoms with E-state index in [1.807, 2.05) is 25.9 Å². The van der Waals surface area contributed by atoms with Crippen LogP contribution in [-0.2, 0) is 10.0 Å². The van der Waals surface area contributed by atoms with Gasteiger partial charge in [-0.2, -0.15) is 9.61 Å². The van der Waals surface area contributed by atoms with Crippen LogP contribution in [-0.4, -0.2) is 79.1 Å². The van der Waals surface area contributed by atoms with Crippen LogP contribution in [0.4, 0.5) is 11.5 Å². The molecular formula is C27H31N7O4S. The van der Waals surface area contributed by atoms with Crippen molar-refractivity contribution >= 4 is 33.1 Å². The summed E-state index contributed by atoms with van der Waals surface area (Å²) in [6, 6.07) is 11.7. The molecule has 2 aromatic heterocycles. The van der Waals surface area contributed by atoms with Gasteiger partial charge in [-0.15, -0.1) is 0 Å². The molecule has 1 aliphatic rings. The van der Waals surface area contributed by atoms with Crippen LogP contribution in [0.1, 0.15) is 22.3 Å². The highest BCUT2D eigenvalue weighted by atomic mass is 32.2. The van der Waals surface area contributed by atoms with Crippen LogP contribution in [0.2, 0.25) is 0 Å². The Labute approximate surface area is 227 Å². The van der Waals surface area contributed by atoms with Gasteiger partial charge in [-0.05, 0) is 75.0 Å². The number of fused-ring (bicyclic) bond motifs is 1. The first kappa shape index (κ1) is 26.4. The summed E-state index contributed by atoms with van der Waals surface area (Å²) in [5.41, 5.74) is 9.89. The average molecular weight is 550 g/mol. The summed E-state index contributed by atoms with van der Waals surface area (Å²) in [5, 5.41) is 4.36. The van der Waals surface area contributed by atoms with Gasteiger partial charge in [0.25, 0.3) is 15.9 Å². The molecule has 1 aliphatic heterocycles. The van der Waals surface area contributed by atoms with Crippen molar-refractivity contribution in [1.82, 2.24) is 24.4 Å². The van der Waals surface area contributed by atoms with Crippen molar-refractivity contribution in [1.29, 1.82) is 0 Å². The molecule has 11 nitrogen and oxygen atoms in total. The summed E-state index contributed by atoms with van der Waals surface area (Å²) < 4.78 is 34.9. The molecule has 204 valence electrons. The predicted molar refractivity (Wildman–Crippen MR) is 149 cm³/mol. The third-order valence-corrected chi connectivity index (χ3v) is 8.51. The first-order valence-electron chi connectivity index (χ1n) is 12.4. The molecule has 1 saturated heterocycles. The predicted octanol–water partition coefficient (Wildman–Crippen LogP) is 2.87. The Hall–Kier alpha value is -4.16. The molecule has 3 N–H and O–H groups in total. The number of carbonyl (C=O) groups is 1. The number of likely N-dealkylation sites (N-methyl/N-ethyl adjacent to an activating group) is 1. The Balaban J connectivity index is 1.39. The second kappa shape index (κ2) is 10.2. The second-order valence-electron chi connectivity index (χ2n) is 9.82. The number of rotatable bonds is 7. The van der Waals surface area contributed by atoms with Crippen LogP contribution in [0.3, 0.4) is 0 Å². The molecule has 2 aromatic carbocycles. The van der Waals surface area contributed by atoms with E-state index in [-0.39, 0.29) is 10.8 Å². The zero-order chi connectivity index (χ0) is 27.9. The van der Waals surface area contributed by atoms with Crippen LogP contribution < -0.4 is 15.2 Å². The number of nitrogens with zero attached hydrogens (tertiary/aromatic N) is 5. The number of aromatic nitrogens is 3. The lowest BCUT2D eigenvalue weighted by molar-refractivity contribution is 0.0784. The first-order chi connectivity index (χ1) is 18.6. The highest BCUT2D eigenvalue weighted by Gasteiger charge is 2.30. The van der Waals surface area contributed by atoms with Gasteiger partial charge in [0.1, 0.15) is 17.1 Å². The number of likely N-dealkylation sites (tertiary alicyclic amines) is 1. The fourth-order valence-electron chi connectivity index (χ4n) is 4.82. The quantitative estimate of drug-likeness (QED) is 0.359. The van der Waals surface area contributed by atoms with E-state index >= 15 is 0 Å². The topological polar surface area (TPSA) is 135 Å². The minimum Gasteiger partial charge on any atom is -0.497 e. The van der Waals surface area contributed by atoms with Crippen molar-refractivity contribution in [3.8, 4) is 16.9 Å². The van der Waals surface area contributed by atoms with Gasteiger partial charge in [-0.25, -0.2) is 13.4 Å². The second-order valence-corrected chi connectivity index (χ2v) is 11.5. The number of nitrogen functional groups attached to an aromatic ring is 1. The normalized spacial score (nSPS) is 15.7. The summed E-state index contributed by atoms with van der Waals surface area (Å²) in [6.07, 6.45) is 4.06. The van der Waals surface area contributed by atoms with Gasteiger partial charge in [0.05, 0.1) is 18.2 Å². The molecule has 0 bridgehead atoms. The maximum atomic E-state index is 13.2. The molecule has 39 heavy (non-hydrogen) atoms. The molecule has 12 heteroatoms. The van der Waals surface area contributed by atoms with Crippen molar-refractivity contribution in [2.45, 2.75) is 24.3 Å². The fraction of sp³-hybridized carbons (Fsp3) is 0.296. The Morgan fingerprint density at radius 1 is 1.13 bits per heavy atom. The maximum absolute atomic E-state index is 13.2. The van der Waals surface area contributed by atoms with Crippen molar-refractivity contribution in [2.75, 3.05) is 44.8 Å². The van der Waals surface area contributed by atoms with E-state index in [9.17, 15) is 13.2 Å². The Bertz CT molecular complexity index is 1650. The highest BCUT2D eigenvalue weighted by molar-refractivity contribution is 7.92. The molecule has 3 heterocycles. The van der Waals surface area contributed by atoms with E-state index < -0.39 is 10.0 Å². The Morgan fingerprint density at radius 3 is 2.51 bits per heavy atom. The van der Waals surface area contributed by atoms with Gasteiger partial charge in [0.15, 0.2) is 5.65 Å². The number of aryl methyl sites for hydroxylation is 1. The van der Waals surface area contributed by atoms with Crippen molar-refractivity contribution in [2.24, 2.45) is 0 Å². The highest BCUT2D eigenvalue weighted by Crippen LogP contribution is 2.32. The standard InChI is InChI=1S/C27H31N7O4S/c1-17-13-18(31-39(36,37)21-8-6-20(38-4)7-9-21)5-10-22(17)23-14-29-26-24(15-30-34(26)25(23)28)27(35)33-12-11-19(16-33)32(2)3/h5-10,13-15,19,31H,11-12,16,28H2,1-4H3. The maximum Gasteiger partial charge on any atom is 0.261 e. The Morgan fingerprint density at radius 2 is 1.87 bits per heavy atom. The number of amides is 1. The van der Waals surface area contributed by atoms with Crippen LogP contribution in [0.15, 0.2) is 59.8 Å². The van der Waals surface area contributed by atoms with E-state index in [0.29, 0.717) is 53.2 Å². The molecule has 1 atom stereocenters. The van der Waals surface area contributed by atoms with Gasteiger partial charge in [0.2, 0.25) is 0 Å². The summed E-state index contributed by atoms with van der Waals surface area (Å²) in [5.74, 6) is 0.792. The lowest BCUT2D eigenvalue weighted by Gasteiger charge is -2.20. The first-order valence-corrected chi connectivity index (χ1v) is 13.9. The van der Waals surface area contributed by atoms with Gasteiger partial charge in [-0.1, -0.05) is 6.07 Å². The molecule has 1 amide bonds. The largest absolute Gasteiger partial charge is 0.497 e. The number of anilines is 2. The van der Waals surface area contributed by atoms with Gasteiger partial charge in [0, 0.05) is 36.6 Å². The number of nitrogens with one attached hydrogen (secondary N) is 1. The molecule has 0 saturated carbocycles. The van der Waals surface area contributed by atoms with E-state index in [0.717, 1.165) is 17.5 Å². The lowest BCUT2D eigenvalue weighted by Crippen LogP contribution is -2.34. The third kappa shape index (κ3) is 5.00. The summed E-state index contributed by atoms with van der Waals surface area (Å²) in [6.45, 7) is 3.20. The molecule has 1 unspecified atom stereocenters. The van der Waals surface area contributed by atoms with Crippen LogP contribution >= 0.6 is 0 Å². The number of methoxy groups -OCH3 is 1. The van der Waals surface area contributed by atoms with E-state index in [4.69, 9.17) is 10.5 Å². The van der Waals surface area contributed by atoms with E-state index in [2.05, 4.69) is 19.7 Å². The van der Waals surface area contributed by atoms with Crippen LogP contribution in [0.5, 0.6) is 5.75 Å². The molecule has 0 radical (unpaired) electrons. The molecule has 0 spiro atoms. The van der Waals surface area contributed by atoms with Crippen molar-refractivity contribution in [3.63, 3.8) is 0 Å². The number of nitrogens with two attached hydrogens (primary N) is 1. The van der Waals surface area contributed by atoms with Gasteiger partial charge in [-0.3, -0.25) is 9.52 Å².